The molecule has 4 nitrogen and oxygen atoms in total. The number of halogens is 1. The summed E-state index contributed by atoms with van der Waals surface area (Å²) in [6, 6.07) is 4.02. The summed E-state index contributed by atoms with van der Waals surface area (Å²) < 4.78 is 0.994. The van der Waals surface area contributed by atoms with Crippen molar-refractivity contribution in [2.24, 2.45) is 11.7 Å². The summed E-state index contributed by atoms with van der Waals surface area (Å²) in [6.07, 6.45) is 3.54. The molecule has 0 unspecified atom stereocenters. The van der Waals surface area contributed by atoms with Crippen molar-refractivity contribution in [3.8, 4) is 0 Å². The zero-order valence-corrected chi connectivity index (χ0v) is 11.2. The van der Waals surface area contributed by atoms with Crippen LogP contribution in [0.15, 0.2) is 22.8 Å². The van der Waals surface area contributed by atoms with Crippen molar-refractivity contribution < 1.29 is 4.79 Å². The molecule has 1 fully saturated rings. The van der Waals surface area contributed by atoms with Gasteiger partial charge in [0.05, 0.1) is 5.69 Å². The number of piperidine rings is 1. The number of amides is 1. The number of likely N-dealkylation sites (tertiary alicyclic amines) is 1. The van der Waals surface area contributed by atoms with Crippen LogP contribution in [0.1, 0.15) is 18.5 Å². The highest BCUT2D eigenvalue weighted by Gasteiger charge is 2.22. The minimum atomic E-state index is -0.161. The lowest BCUT2D eigenvalue weighted by Gasteiger charge is -2.30. The van der Waals surface area contributed by atoms with Crippen LogP contribution >= 0.6 is 15.9 Å². The number of nitrogens with two attached hydrogens (primary N) is 1. The maximum atomic E-state index is 11.0. The lowest BCUT2D eigenvalue weighted by Crippen LogP contribution is -2.38. The van der Waals surface area contributed by atoms with E-state index in [2.05, 4.69) is 25.8 Å². The Balaban J connectivity index is 1.85. The predicted octanol–water partition coefficient (Wildman–Crippen LogP) is 1.54. The molecule has 2 heterocycles. The minimum Gasteiger partial charge on any atom is -0.369 e. The largest absolute Gasteiger partial charge is 0.369 e. The molecule has 2 N–H and O–H groups in total. The maximum Gasteiger partial charge on any atom is 0.220 e. The fourth-order valence-electron chi connectivity index (χ4n) is 2.10. The smallest absolute Gasteiger partial charge is 0.220 e. The molecular weight excluding hydrogens is 282 g/mol. The molecule has 1 amide bonds. The number of carbonyl (C=O) groups is 1. The molecular formula is C12H16BrN3O. The third-order valence-corrected chi connectivity index (χ3v) is 3.63. The standard InChI is InChI=1S/C12H16BrN3O/c13-10-1-2-11(15-7-10)8-16-5-3-9(4-6-16)12(14)17/h1-2,7,9H,3-6,8H2,(H2,14,17). The number of carbonyl (C=O) groups excluding carboxylic acids is 1. The lowest BCUT2D eigenvalue weighted by molar-refractivity contribution is -0.123. The van der Waals surface area contributed by atoms with Crippen LogP contribution in [-0.2, 0) is 11.3 Å². The van der Waals surface area contributed by atoms with E-state index in [1.807, 2.05) is 18.3 Å². The van der Waals surface area contributed by atoms with Gasteiger partial charge in [-0.25, -0.2) is 0 Å². The second-order valence-corrected chi connectivity index (χ2v) is 5.34. The molecule has 1 saturated heterocycles. The first-order valence-corrected chi connectivity index (χ1v) is 6.56. The molecule has 0 saturated carbocycles. The number of primary amides is 1. The van der Waals surface area contributed by atoms with Crippen LogP contribution in [-0.4, -0.2) is 28.9 Å². The molecule has 0 aromatic carbocycles. The summed E-state index contributed by atoms with van der Waals surface area (Å²) in [7, 11) is 0. The van der Waals surface area contributed by atoms with Gasteiger partial charge in [-0.1, -0.05) is 0 Å². The van der Waals surface area contributed by atoms with Gasteiger partial charge < -0.3 is 5.73 Å². The first kappa shape index (κ1) is 12.5. The molecule has 2 rings (SSSR count). The summed E-state index contributed by atoms with van der Waals surface area (Å²) >= 11 is 3.37. The first-order valence-electron chi connectivity index (χ1n) is 5.77. The highest BCUT2D eigenvalue weighted by atomic mass is 79.9. The van der Waals surface area contributed by atoms with Crippen molar-refractivity contribution in [3.63, 3.8) is 0 Å². The number of rotatable bonds is 3. The van der Waals surface area contributed by atoms with Crippen LogP contribution in [0.2, 0.25) is 0 Å². The lowest BCUT2D eigenvalue weighted by atomic mass is 9.96. The quantitative estimate of drug-likeness (QED) is 0.921. The van der Waals surface area contributed by atoms with Gasteiger partial charge in [0.2, 0.25) is 5.91 Å². The molecule has 1 aromatic rings. The molecule has 0 bridgehead atoms. The summed E-state index contributed by atoms with van der Waals surface area (Å²) in [6.45, 7) is 2.69. The van der Waals surface area contributed by atoms with Crippen LogP contribution < -0.4 is 5.73 Å². The number of pyridine rings is 1. The van der Waals surface area contributed by atoms with E-state index in [9.17, 15) is 4.79 Å². The molecule has 5 heteroatoms. The van der Waals surface area contributed by atoms with E-state index in [1.54, 1.807) is 0 Å². The second-order valence-electron chi connectivity index (χ2n) is 4.42. The molecule has 17 heavy (non-hydrogen) atoms. The second kappa shape index (κ2) is 5.60. The van der Waals surface area contributed by atoms with Crippen molar-refractivity contribution in [1.82, 2.24) is 9.88 Å². The van der Waals surface area contributed by atoms with Gasteiger partial charge in [-0.05, 0) is 54.0 Å². The van der Waals surface area contributed by atoms with Crippen LogP contribution in [0.3, 0.4) is 0 Å². The van der Waals surface area contributed by atoms with Gasteiger partial charge in [-0.3, -0.25) is 14.7 Å². The van der Waals surface area contributed by atoms with Gasteiger partial charge in [0.25, 0.3) is 0 Å². The van der Waals surface area contributed by atoms with Crippen molar-refractivity contribution in [3.05, 3.63) is 28.5 Å². The van der Waals surface area contributed by atoms with Crippen molar-refractivity contribution >= 4 is 21.8 Å². The molecule has 92 valence electrons. The van der Waals surface area contributed by atoms with Crippen molar-refractivity contribution in [1.29, 1.82) is 0 Å². The number of aromatic nitrogens is 1. The topological polar surface area (TPSA) is 59.2 Å². The average Bonchev–Trinajstić information content (AvgIpc) is 2.33. The van der Waals surface area contributed by atoms with E-state index in [0.29, 0.717) is 0 Å². The Hall–Kier alpha value is -0.940. The van der Waals surface area contributed by atoms with Crippen LogP contribution in [0, 0.1) is 5.92 Å². The van der Waals surface area contributed by atoms with Gasteiger partial charge in [0, 0.05) is 23.1 Å². The maximum absolute atomic E-state index is 11.0. The molecule has 0 aliphatic carbocycles. The first-order chi connectivity index (χ1) is 8.15. The van der Waals surface area contributed by atoms with Crippen LogP contribution in [0.25, 0.3) is 0 Å². The molecule has 1 aliphatic heterocycles. The molecule has 0 radical (unpaired) electrons. The van der Waals surface area contributed by atoms with Crippen molar-refractivity contribution in [2.45, 2.75) is 19.4 Å². The average molecular weight is 298 g/mol. The van der Waals surface area contributed by atoms with Gasteiger partial charge in [-0.2, -0.15) is 0 Å². The van der Waals surface area contributed by atoms with E-state index < -0.39 is 0 Å². The highest BCUT2D eigenvalue weighted by Crippen LogP contribution is 2.18. The van der Waals surface area contributed by atoms with Crippen LogP contribution in [0.5, 0.6) is 0 Å². The van der Waals surface area contributed by atoms with E-state index in [4.69, 9.17) is 5.73 Å². The number of hydrogen-bond donors (Lipinski definition) is 1. The minimum absolute atomic E-state index is 0.0594. The molecule has 1 aliphatic rings. The van der Waals surface area contributed by atoms with Crippen LogP contribution in [0.4, 0.5) is 0 Å². The van der Waals surface area contributed by atoms with Crippen molar-refractivity contribution in [2.75, 3.05) is 13.1 Å². The third-order valence-electron chi connectivity index (χ3n) is 3.16. The third kappa shape index (κ3) is 3.51. The Morgan fingerprint density at radius 3 is 2.71 bits per heavy atom. The van der Waals surface area contributed by atoms with Gasteiger partial charge in [-0.15, -0.1) is 0 Å². The normalized spacial score (nSPS) is 18.2. The predicted molar refractivity (Wildman–Crippen MR) is 69.1 cm³/mol. The zero-order chi connectivity index (χ0) is 12.3. The summed E-state index contributed by atoms with van der Waals surface area (Å²) in [5, 5.41) is 0. The Morgan fingerprint density at radius 1 is 1.47 bits per heavy atom. The highest BCUT2D eigenvalue weighted by molar-refractivity contribution is 9.10. The van der Waals surface area contributed by atoms with E-state index in [1.165, 1.54) is 0 Å². The SMILES string of the molecule is NC(=O)C1CCN(Cc2ccc(Br)cn2)CC1. The van der Waals surface area contributed by atoms with Gasteiger partial charge >= 0.3 is 0 Å². The Labute approximate surface area is 109 Å². The molecule has 0 spiro atoms. The Kier molecular flexibility index (Phi) is 4.12. The van der Waals surface area contributed by atoms with E-state index in [-0.39, 0.29) is 11.8 Å². The monoisotopic (exact) mass is 297 g/mol. The molecule has 1 aromatic heterocycles. The summed E-state index contributed by atoms with van der Waals surface area (Å²) in [5.41, 5.74) is 6.37. The Morgan fingerprint density at radius 2 is 2.18 bits per heavy atom. The summed E-state index contributed by atoms with van der Waals surface area (Å²) in [5.74, 6) is -0.101. The van der Waals surface area contributed by atoms with Gasteiger partial charge in [0.15, 0.2) is 0 Å². The Bertz CT molecular complexity index is 385. The fourth-order valence-corrected chi connectivity index (χ4v) is 2.34. The van der Waals surface area contributed by atoms with Gasteiger partial charge in [0.1, 0.15) is 0 Å². The number of nitrogens with zero attached hydrogens (tertiary/aromatic N) is 2. The zero-order valence-electron chi connectivity index (χ0n) is 9.60. The number of hydrogen-bond acceptors (Lipinski definition) is 3. The summed E-state index contributed by atoms with van der Waals surface area (Å²) in [4.78, 5) is 17.7. The molecule has 0 atom stereocenters. The van der Waals surface area contributed by atoms with E-state index in [0.717, 1.165) is 42.6 Å². The van der Waals surface area contributed by atoms with E-state index >= 15 is 0 Å². The fraction of sp³-hybridized carbons (Fsp3) is 0.500.